The molecule has 20 heavy (non-hydrogen) atoms. The fourth-order valence-electron chi connectivity index (χ4n) is 1.69. The van der Waals surface area contributed by atoms with E-state index in [0.29, 0.717) is 11.4 Å². The fourth-order valence-corrected chi connectivity index (χ4v) is 1.69. The van der Waals surface area contributed by atoms with Gasteiger partial charge in [0, 0.05) is 23.5 Å². The summed E-state index contributed by atoms with van der Waals surface area (Å²) in [5.74, 6) is -0.949. The van der Waals surface area contributed by atoms with Crippen LogP contribution in [0.5, 0.6) is 0 Å². The van der Waals surface area contributed by atoms with E-state index < -0.39 is 17.7 Å². The first kappa shape index (κ1) is 13.8. The molecule has 104 valence electrons. The molecule has 0 aliphatic rings. The molecule has 4 N–H and O–H groups in total. The number of hydrogen-bond acceptors (Lipinski definition) is 2. The third-order valence-corrected chi connectivity index (χ3v) is 2.64. The molecule has 0 radical (unpaired) electrons. The van der Waals surface area contributed by atoms with Gasteiger partial charge >= 0.3 is 6.03 Å². The van der Waals surface area contributed by atoms with E-state index in [1.54, 1.807) is 24.3 Å². The molecule has 0 aliphatic heterocycles. The second-order valence-electron chi connectivity index (χ2n) is 4.16. The number of halogens is 2. The number of hydrogen-bond donors (Lipinski definition) is 3. The standard InChI is InChI=1S/C14H13F2N3O/c15-10-1-6-13(16)9(7-10)8-18-11-2-4-12(5-3-11)19-14(17)20/h1-7,18H,8H2,(H3,17,19,20). The summed E-state index contributed by atoms with van der Waals surface area (Å²) in [4.78, 5) is 10.7. The van der Waals surface area contributed by atoms with Gasteiger partial charge in [-0.15, -0.1) is 0 Å². The molecule has 0 atom stereocenters. The Kier molecular flexibility index (Phi) is 4.14. The van der Waals surface area contributed by atoms with Crippen molar-refractivity contribution < 1.29 is 13.6 Å². The molecule has 4 nitrogen and oxygen atoms in total. The molecular weight excluding hydrogens is 264 g/mol. The van der Waals surface area contributed by atoms with Crippen LogP contribution in [0.1, 0.15) is 5.56 Å². The molecule has 2 rings (SSSR count). The van der Waals surface area contributed by atoms with Gasteiger partial charge in [0.15, 0.2) is 0 Å². The monoisotopic (exact) mass is 277 g/mol. The number of nitrogens with one attached hydrogen (secondary N) is 2. The molecule has 0 fully saturated rings. The lowest BCUT2D eigenvalue weighted by Gasteiger charge is -2.08. The highest BCUT2D eigenvalue weighted by atomic mass is 19.1. The number of benzene rings is 2. The lowest BCUT2D eigenvalue weighted by Crippen LogP contribution is -2.19. The quantitative estimate of drug-likeness (QED) is 0.804. The van der Waals surface area contributed by atoms with E-state index in [2.05, 4.69) is 10.6 Å². The normalized spacial score (nSPS) is 10.1. The van der Waals surface area contributed by atoms with Crippen LogP contribution in [0, 0.1) is 11.6 Å². The van der Waals surface area contributed by atoms with E-state index in [4.69, 9.17) is 5.73 Å². The van der Waals surface area contributed by atoms with Gasteiger partial charge in [0.1, 0.15) is 11.6 Å². The summed E-state index contributed by atoms with van der Waals surface area (Å²) in [7, 11) is 0. The molecule has 0 unspecified atom stereocenters. The first-order chi connectivity index (χ1) is 9.54. The Hall–Kier alpha value is -2.63. The first-order valence-corrected chi connectivity index (χ1v) is 5.89. The van der Waals surface area contributed by atoms with Gasteiger partial charge in [-0.3, -0.25) is 0 Å². The number of carbonyl (C=O) groups is 1. The van der Waals surface area contributed by atoms with Gasteiger partial charge in [-0.1, -0.05) is 0 Å². The SMILES string of the molecule is NC(=O)Nc1ccc(NCc2cc(F)ccc2F)cc1. The van der Waals surface area contributed by atoms with Gasteiger partial charge in [0.2, 0.25) is 0 Å². The van der Waals surface area contributed by atoms with Gasteiger partial charge in [0.25, 0.3) is 0 Å². The van der Waals surface area contributed by atoms with Crippen LogP contribution in [0.25, 0.3) is 0 Å². The van der Waals surface area contributed by atoms with Crippen LogP contribution < -0.4 is 16.4 Å². The zero-order valence-electron chi connectivity index (χ0n) is 10.5. The zero-order valence-corrected chi connectivity index (χ0v) is 10.5. The summed E-state index contributed by atoms with van der Waals surface area (Å²) >= 11 is 0. The van der Waals surface area contributed by atoms with Crippen LogP contribution in [-0.2, 0) is 6.54 Å². The van der Waals surface area contributed by atoms with E-state index in [1.807, 2.05) is 0 Å². The Morgan fingerprint density at radius 3 is 2.35 bits per heavy atom. The maximum atomic E-state index is 13.4. The molecule has 2 aromatic rings. The number of amides is 2. The lowest BCUT2D eigenvalue weighted by molar-refractivity contribution is 0.259. The number of rotatable bonds is 4. The topological polar surface area (TPSA) is 67.2 Å². The molecule has 0 saturated carbocycles. The summed E-state index contributed by atoms with van der Waals surface area (Å²) in [6.45, 7) is 0.159. The van der Waals surface area contributed by atoms with Gasteiger partial charge in [-0.05, 0) is 42.5 Å². The van der Waals surface area contributed by atoms with Crippen molar-refractivity contribution in [3.05, 3.63) is 59.7 Å². The van der Waals surface area contributed by atoms with Crippen LogP contribution in [0.4, 0.5) is 25.0 Å². The molecule has 0 aliphatic carbocycles. The van der Waals surface area contributed by atoms with Gasteiger partial charge in [-0.2, -0.15) is 0 Å². The minimum Gasteiger partial charge on any atom is -0.381 e. The van der Waals surface area contributed by atoms with E-state index in [-0.39, 0.29) is 12.1 Å². The molecule has 0 saturated heterocycles. The van der Waals surface area contributed by atoms with Crippen LogP contribution in [0.3, 0.4) is 0 Å². The Morgan fingerprint density at radius 1 is 1.05 bits per heavy atom. The Bertz CT molecular complexity index is 614. The number of nitrogens with two attached hydrogens (primary N) is 1. The summed E-state index contributed by atoms with van der Waals surface area (Å²) in [6, 6.07) is 9.35. The second kappa shape index (κ2) is 6.01. The van der Waals surface area contributed by atoms with Crippen LogP contribution >= 0.6 is 0 Å². The van der Waals surface area contributed by atoms with Crippen LogP contribution in [0.15, 0.2) is 42.5 Å². The Morgan fingerprint density at radius 2 is 1.70 bits per heavy atom. The minimum absolute atomic E-state index is 0.159. The number of primary amides is 1. The predicted octanol–water partition coefficient (Wildman–Crippen LogP) is 3.07. The lowest BCUT2D eigenvalue weighted by atomic mass is 10.2. The van der Waals surface area contributed by atoms with Crippen molar-refractivity contribution in [1.82, 2.24) is 0 Å². The van der Waals surface area contributed by atoms with Crippen LogP contribution in [0.2, 0.25) is 0 Å². The predicted molar refractivity (Wildman–Crippen MR) is 73.3 cm³/mol. The number of anilines is 2. The van der Waals surface area contributed by atoms with Gasteiger partial charge in [-0.25, -0.2) is 13.6 Å². The van der Waals surface area contributed by atoms with Crippen molar-refractivity contribution in [3.63, 3.8) is 0 Å². The van der Waals surface area contributed by atoms with E-state index in [9.17, 15) is 13.6 Å². The average molecular weight is 277 g/mol. The number of urea groups is 1. The largest absolute Gasteiger partial charge is 0.381 e. The Balaban J connectivity index is 2.00. The van der Waals surface area contributed by atoms with Crippen molar-refractivity contribution in [2.24, 2.45) is 5.73 Å². The van der Waals surface area contributed by atoms with Crippen molar-refractivity contribution in [2.75, 3.05) is 10.6 Å². The van der Waals surface area contributed by atoms with Crippen molar-refractivity contribution in [1.29, 1.82) is 0 Å². The average Bonchev–Trinajstić information content (AvgIpc) is 2.41. The maximum absolute atomic E-state index is 13.4. The summed E-state index contributed by atoms with van der Waals surface area (Å²) in [5, 5.41) is 5.38. The summed E-state index contributed by atoms with van der Waals surface area (Å²) in [6.07, 6.45) is 0. The van der Waals surface area contributed by atoms with E-state index >= 15 is 0 Å². The number of carbonyl (C=O) groups excluding carboxylic acids is 1. The maximum Gasteiger partial charge on any atom is 0.316 e. The Labute approximate surface area is 114 Å². The molecule has 0 aromatic heterocycles. The van der Waals surface area contributed by atoms with Gasteiger partial charge in [0.05, 0.1) is 0 Å². The molecule has 2 aromatic carbocycles. The molecule has 6 heteroatoms. The smallest absolute Gasteiger partial charge is 0.316 e. The molecule has 0 bridgehead atoms. The highest BCUT2D eigenvalue weighted by Crippen LogP contribution is 2.16. The van der Waals surface area contributed by atoms with E-state index in [0.717, 1.165) is 18.2 Å². The van der Waals surface area contributed by atoms with Crippen molar-refractivity contribution in [3.8, 4) is 0 Å². The summed E-state index contributed by atoms with van der Waals surface area (Å²) in [5.41, 5.74) is 6.49. The third kappa shape index (κ3) is 3.68. The van der Waals surface area contributed by atoms with Gasteiger partial charge < -0.3 is 16.4 Å². The molecule has 0 heterocycles. The zero-order chi connectivity index (χ0) is 14.5. The second-order valence-corrected chi connectivity index (χ2v) is 4.16. The third-order valence-electron chi connectivity index (χ3n) is 2.64. The molecule has 0 spiro atoms. The summed E-state index contributed by atoms with van der Waals surface area (Å²) < 4.78 is 26.4. The van der Waals surface area contributed by atoms with Crippen molar-refractivity contribution in [2.45, 2.75) is 6.54 Å². The minimum atomic E-state index is -0.646. The highest BCUT2D eigenvalue weighted by Gasteiger charge is 2.04. The molecule has 2 amide bonds. The fraction of sp³-hybridized carbons (Fsp3) is 0.0714. The van der Waals surface area contributed by atoms with E-state index in [1.165, 1.54) is 0 Å². The van der Waals surface area contributed by atoms with Crippen molar-refractivity contribution >= 4 is 17.4 Å². The molecular formula is C14H13F2N3O. The first-order valence-electron chi connectivity index (χ1n) is 5.89. The van der Waals surface area contributed by atoms with Crippen LogP contribution in [-0.4, -0.2) is 6.03 Å². The highest BCUT2D eigenvalue weighted by molar-refractivity contribution is 5.87.